The van der Waals surface area contributed by atoms with Crippen LogP contribution in [0.5, 0.6) is 0 Å². The molecule has 0 radical (unpaired) electrons. The summed E-state index contributed by atoms with van der Waals surface area (Å²) in [6.45, 7) is 10.9. The number of fused-ring (bicyclic) bond motifs is 3. The van der Waals surface area contributed by atoms with Crippen molar-refractivity contribution in [3.8, 4) is 0 Å². The molecule has 0 aromatic heterocycles. The van der Waals surface area contributed by atoms with E-state index in [2.05, 4.69) is 25.7 Å². The second-order valence-corrected chi connectivity index (χ2v) is 7.44. The standard InChI is InChI=1S/C19H37NO2/c1-4-7-9-10-11-12-13-19-20(14-8-5-2)15-18(6-3,16-21-19)17-22-19/h4-17H2,1-3H3. The first kappa shape index (κ1) is 18.2. The van der Waals surface area contributed by atoms with E-state index in [0.717, 1.165) is 32.6 Å². The Hall–Kier alpha value is -0.120. The summed E-state index contributed by atoms with van der Waals surface area (Å²) in [6.07, 6.45) is 12.7. The highest BCUT2D eigenvalue weighted by Gasteiger charge is 2.54. The third-order valence-corrected chi connectivity index (χ3v) is 5.59. The molecule has 0 unspecified atom stereocenters. The highest BCUT2D eigenvalue weighted by Crippen LogP contribution is 2.44. The van der Waals surface area contributed by atoms with E-state index in [-0.39, 0.29) is 5.41 Å². The second-order valence-electron chi connectivity index (χ2n) is 7.44. The van der Waals surface area contributed by atoms with Crippen LogP contribution in [0.3, 0.4) is 0 Å². The summed E-state index contributed by atoms with van der Waals surface area (Å²) < 4.78 is 12.6. The van der Waals surface area contributed by atoms with Crippen molar-refractivity contribution in [2.45, 2.75) is 90.9 Å². The van der Waals surface area contributed by atoms with E-state index in [1.165, 1.54) is 57.9 Å². The smallest absolute Gasteiger partial charge is 0.230 e. The van der Waals surface area contributed by atoms with Crippen molar-refractivity contribution in [3.63, 3.8) is 0 Å². The Morgan fingerprint density at radius 1 is 0.818 bits per heavy atom. The maximum atomic E-state index is 6.30. The van der Waals surface area contributed by atoms with E-state index < -0.39 is 5.91 Å². The number of rotatable bonds is 11. The Morgan fingerprint density at radius 2 is 1.45 bits per heavy atom. The van der Waals surface area contributed by atoms with Gasteiger partial charge in [0, 0.05) is 24.9 Å². The number of nitrogens with zero attached hydrogens (tertiary/aromatic N) is 1. The molecule has 22 heavy (non-hydrogen) atoms. The first-order valence-electron chi connectivity index (χ1n) is 9.73. The van der Waals surface area contributed by atoms with Gasteiger partial charge in [-0.05, 0) is 19.3 Å². The Kier molecular flexibility index (Phi) is 7.17. The van der Waals surface area contributed by atoms with Crippen LogP contribution in [0.15, 0.2) is 0 Å². The lowest BCUT2D eigenvalue weighted by Crippen LogP contribution is -2.69. The molecule has 2 bridgehead atoms. The van der Waals surface area contributed by atoms with Crippen LogP contribution < -0.4 is 0 Å². The maximum Gasteiger partial charge on any atom is 0.230 e. The van der Waals surface area contributed by atoms with Crippen molar-refractivity contribution in [3.05, 3.63) is 0 Å². The fourth-order valence-electron chi connectivity index (χ4n) is 3.76. The molecule has 3 aliphatic heterocycles. The summed E-state index contributed by atoms with van der Waals surface area (Å²) in [7, 11) is 0. The van der Waals surface area contributed by atoms with Gasteiger partial charge in [-0.15, -0.1) is 0 Å². The van der Waals surface area contributed by atoms with Crippen molar-refractivity contribution in [1.29, 1.82) is 0 Å². The Labute approximate surface area is 137 Å². The average molecular weight is 312 g/mol. The first-order chi connectivity index (χ1) is 10.7. The van der Waals surface area contributed by atoms with Crippen molar-refractivity contribution >= 4 is 0 Å². The minimum Gasteiger partial charge on any atom is -0.336 e. The summed E-state index contributed by atoms with van der Waals surface area (Å²) in [5.41, 5.74) is 0.247. The quantitative estimate of drug-likeness (QED) is 0.504. The van der Waals surface area contributed by atoms with Crippen LogP contribution in [0.2, 0.25) is 0 Å². The minimum absolute atomic E-state index is 0.247. The van der Waals surface area contributed by atoms with Crippen LogP contribution in [0.1, 0.15) is 85.0 Å². The zero-order valence-electron chi connectivity index (χ0n) is 15.2. The summed E-state index contributed by atoms with van der Waals surface area (Å²) in [5, 5.41) is 0. The van der Waals surface area contributed by atoms with E-state index in [4.69, 9.17) is 9.47 Å². The minimum atomic E-state index is -0.392. The molecule has 130 valence electrons. The molecule has 0 N–H and O–H groups in total. The van der Waals surface area contributed by atoms with Gasteiger partial charge in [0.15, 0.2) is 0 Å². The lowest BCUT2D eigenvalue weighted by atomic mass is 9.82. The van der Waals surface area contributed by atoms with Gasteiger partial charge < -0.3 is 9.47 Å². The fourth-order valence-corrected chi connectivity index (χ4v) is 3.76. The predicted octanol–water partition coefficient (Wildman–Crippen LogP) is 4.95. The van der Waals surface area contributed by atoms with Gasteiger partial charge in [0.05, 0.1) is 13.2 Å². The average Bonchev–Trinajstić information content (AvgIpc) is 2.57. The van der Waals surface area contributed by atoms with Gasteiger partial charge in [0.1, 0.15) is 0 Å². The van der Waals surface area contributed by atoms with Crippen LogP contribution in [0.25, 0.3) is 0 Å². The fraction of sp³-hybridized carbons (Fsp3) is 1.00. The zero-order chi connectivity index (χ0) is 15.9. The molecule has 3 saturated heterocycles. The zero-order valence-corrected chi connectivity index (χ0v) is 15.2. The lowest BCUT2D eigenvalue weighted by molar-refractivity contribution is -0.412. The second kappa shape index (κ2) is 8.65. The summed E-state index contributed by atoms with van der Waals surface area (Å²) in [5.74, 6) is -0.392. The Bertz CT molecular complexity index is 311. The normalized spacial score (nSPS) is 31.8. The van der Waals surface area contributed by atoms with Gasteiger partial charge in [-0.3, -0.25) is 4.90 Å². The highest BCUT2D eigenvalue weighted by molar-refractivity contribution is 4.95. The van der Waals surface area contributed by atoms with Crippen LogP contribution in [-0.2, 0) is 9.47 Å². The van der Waals surface area contributed by atoms with Gasteiger partial charge in [0.25, 0.3) is 0 Å². The monoisotopic (exact) mass is 311 g/mol. The number of unbranched alkanes of at least 4 members (excludes halogenated alkanes) is 6. The molecule has 0 aliphatic carbocycles. The molecular formula is C19H37NO2. The van der Waals surface area contributed by atoms with Crippen molar-refractivity contribution in [2.24, 2.45) is 5.41 Å². The van der Waals surface area contributed by atoms with Gasteiger partial charge in [-0.2, -0.15) is 0 Å². The molecule has 3 rings (SSSR count). The van der Waals surface area contributed by atoms with E-state index in [0.29, 0.717) is 0 Å². The molecule has 3 heterocycles. The molecule has 0 saturated carbocycles. The molecule has 0 aromatic rings. The lowest BCUT2D eigenvalue weighted by Gasteiger charge is -2.58. The summed E-state index contributed by atoms with van der Waals surface area (Å²) in [6, 6.07) is 0. The molecular weight excluding hydrogens is 274 g/mol. The molecule has 0 amide bonds. The van der Waals surface area contributed by atoms with Crippen molar-refractivity contribution in [1.82, 2.24) is 4.90 Å². The molecule has 0 aromatic carbocycles. The number of ether oxygens (including phenoxy) is 2. The molecule has 0 atom stereocenters. The van der Waals surface area contributed by atoms with Gasteiger partial charge in [-0.25, -0.2) is 0 Å². The maximum absolute atomic E-state index is 6.30. The van der Waals surface area contributed by atoms with E-state index in [9.17, 15) is 0 Å². The van der Waals surface area contributed by atoms with Crippen LogP contribution >= 0.6 is 0 Å². The SMILES string of the molecule is CCCCCCCCC12OCC(CC)(CO1)CN2CCCC. The van der Waals surface area contributed by atoms with Gasteiger partial charge >= 0.3 is 0 Å². The summed E-state index contributed by atoms with van der Waals surface area (Å²) in [4.78, 5) is 2.51. The Balaban J connectivity index is 1.85. The van der Waals surface area contributed by atoms with Crippen LogP contribution in [0, 0.1) is 5.41 Å². The first-order valence-corrected chi connectivity index (χ1v) is 9.73. The third-order valence-electron chi connectivity index (χ3n) is 5.59. The van der Waals surface area contributed by atoms with Gasteiger partial charge in [-0.1, -0.05) is 59.3 Å². The molecule has 3 nitrogen and oxygen atoms in total. The van der Waals surface area contributed by atoms with Gasteiger partial charge in [0.2, 0.25) is 5.91 Å². The molecule has 3 fully saturated rings. The van der Waals surface area contributed by atoms with E-state index in [1.54, 1.807) is 0 Å². The van der Waals surface area contributed by atoms with Crippen LogP contribution in [0.4, 0.5) is 0 Å². The van der Waals surface area contributed by atoms with Crippen molar-refractivity contribution in [2.75, 3.05) is 26.3 Å². The largest absolute Gasteiger partial charge is 0.336 e. The van der Waals surface area contributed by atoms with Crippen molar-refractivity contribution < 1.29 is 9.47 Å². The molecule has 3 aliphatic rings. The number of hydrogen-bond acceptors (Lipinski definition) is 3. The summed E-state index contributed by atoms with van der Waals surface area (Å²) >= 11 is 0. The number of hydrogen-bond donors (Lipinski definition) is 0. The predicted molar refractivity (Wildman–Crippen MR) is 91.8 cm³/mol. The molecule has 0 spiro atoms. The third kappa shape index (κ3) is 4.24. The van der Waals surface area contributed by atoms with E-state index >= 15 is 0 Å². The van der Waals surface area contributed by atoms with E-state index in [1.807, 2.05) is 0 Å². The topological polar surface area (TPSA) is 21.7 Å². The Morgan fingerprint density at radius 3 is 2.09 bits per heavy atom. The molecule has 3 heteroatoms. The highest BCUT2D eigenvalue weighted by atomic mass is 16.7. The van der Waals surface area contributed by atoms with Crippen LogP contribution in [-0.4, -0.2) is 37.1 Å².